The van der Waals surface area contributed by atoms with Crippen molar-refractivity contribution in [3.05, 3.63) is 5.69 Å². The number of thioether (sulfide) groups is 1. The maximum Gasteiger partial charge on any atom is 0.237 e. The predicted octanol–water partition coefficient (Wildman–Crippen LogP) is 2.60. The molecule has 1 aromatic heterocycles. The molecule has 19 heavy (non-hydrogen) atoms. The van der Waals surface area contributed by atoms with E-state index in [1.807, 2.05) is 13.8 Å². The highest BCUT2D eigenvalue weighted by atomic mass is 32.2. The molecule has 0 bridgehead atoms. The smallest absolute Gasteiger partial charge is 0.237 e. The van der Waals surface area contributed by atoms with Gasteiger partial charge in [-0.2, -0.15) is 5.10 Å². The molecule has 0 spiro atoms. The van der Waals surface area contributed by atoms with Gasteiger partial charge in [0.1, 0.15) is 5.69 Å². The summed E-state index contributed by atoms with van der Waals surface area (Å²) in [6.45, 7) is 5.93. The summed E-state index contributed by atoms with van der Waals surface area (Å²) in [5, 5.41) is 7.08. The van der Waals surface area contributed by atoms with E-state index in [9.17, 15) is 4.79 Å². The van der Waals surface area contributed by atoms with Gasteiger partial charge in [-0.3, -0.25) is 4.79 Å². The summed E-state index contributed by atoms with van der Waals surface area (Å²) < 4.78 is 6.88. The van der Waals surface area contributed by atoms with Gasteiger partial charge in [-0.1, -0.05) is 13.3 Å². The molecule has 0 unspecified atom stereocenters. The van der Waals surface area contributed by atoms with Crippen molar-refractivity contribution >= 4 is 23.4 Å². The number of nitrogens with one attached hydrogen (secondary N) is 1. The van der Waals surface area contributed by atoms with Crippen LogP contribution in [0.5, 0.6) is 5.88 Å². The van der Waals surface area contributed by atoms with Crippen LogP contribution in [0.3, 0.4) is 0 Å². The number of aromatic nitrogens is 2. The Kier molecular flexibility index (Phi) is 6.21. The van der Waals surface area contributed by atoms with Crippen LogP contribution in [-0.2, 0) is 11.8 Å². The number of anilines is 1. The summed E-state index contributed by atoms with van der Waals surface area (Å²) in [6.07, 6.45) is 2.29. The average Bonchev–Trinajstić information content (AvgIpc) is 2.63. The Morgan fingerprint density at radius 2 is 2.26 bits per heavy atom. The topological polar surface area (TPSA) is 56.2 Å². The molecular formula is C13H23N3O2S. The number of hydrogen-bond donors (Lipinski definition) is 1. The fourth-order valence-corrected chi connectivity index (χ4v) is 2.74. The highest BCUT2D eigenvalue weighted by molar-refractivity contribution is 8.00. The molecule has 0 aliphatic carbocycles. The summed E-state index contributed by atoms with van der Waals surface area (Å²) in [5.41, 5.74) is 1.43. The van der Waals surface area contributed by atoms with Gasteiger partial charge in [0.25, 0.3) is 0 Å². The van der Waals surface area contributed by atoms with Crippen LogP contribution in [0.1, 0.15) is 32.4 Å². The van der Waals surface area contributed by atoms with Gasteiger partial charge in [0.2, 0.25) is 11.8 Å². The van der Waals surface area contributed by atoms with Gasteiger partial charge >= 0.3 is 0 Å². The fraction of sp³-hybridized carbons (Fsp3) is 0.692. The lowest BCUT2D eigenvalue weighted by Crippen LogP contribution is -2.23. The Morgan fingerprint density at radius 3 is 2.84 bits per heavy atom. The Bertz CT molecular complexity index is 432. The van der Waals surface area contributed by atoms with Crippen LogP contribution in [0.25, 0.3) is 0 Å². The molecule has 1 aromatic rings. The standard InChI is InChI=1S/C13H23N3O2S/c1-6-7-8-19-10(3)12(17)14-11-9(2)15-16(4)13(11)18-5/h10H,6-8H2,1-5H3,(H,14,17)/t10-/m1/s1. The molecular weight excluding hydrogens is 262 g/mol. The van der Waals surface area contributed by atoms with Crippen LogP contribution in [-0.4, -0.2) is 33.8 Å². The molecule has 0 aliphatic heterocycles. The second-order valence-corrected chi connectivity index (χ2v) is 5.90. The molecule has 1 atom stereocenters. The zero-order chi connectivity index (χ0) is 14.4. The van der Waals surface area contributed by atoms with Crippen LogP contribution in [0.2, 0.25) is 0 Å². The highest BCUT2D eigenvalue weighted by Crippen LogP contribution is 2.27. The number of hydrogen-bond acceptors (Lipinski definition) is 4. The Morgan fingerprint density at radius 1 is 1.58 bits per heavy atom. The van der Waals surface area contributed by atoms with Crippen LogP contribution in [0.15, 0.2) is 0 Å². The third-order valence-electron chi connectivity index (χ3n) is 2.85. The lowest BCUT2D eigenvalue weighted by molar-refractivity contribution is -0.115. The largest absolute Gasteiger partial charge is 0.480 e. The average molecular weight is 285 g/mol. The van der Waals surface area contributed by atoms with Crippen LogP contribution in [0, 0.1) is 6.92 Å². The number of amides is 1. The summed E-state index contributed by atoms with van der Waals surface area (Å²) in [6, 6.07) is 0. The Hall–Kier alpha value is -1.17. The van der Waals surface area contributed by atoms with Gasteiger partial charge in [-0.05, 0) is 26.0 Å². The van der Waals surface area contributed by atoms with Crippen molar-refractivity contribution in [2.45, 2.75) is 38.9 Å². The van der Waals surface area contributed by atoms with Crippen molar-refractivity contribution in [1.82, 2.24) is 9.78 Å². The number of unbranched alkanes of at least 4 members (excludes halogenated alkanes) is 1. The summed E-state index contributed by atoms with van der Waals surface area (Å²) in [7, 11) is 3.37. The molecule has 5 nitrogen and oxygen atoms in total. The van der Waals surface area contributed by atoms with Crippen molar-refractivity contribution in [2.24, 2.45) is 7.05 Å². The maximum absolute atomic E-state index is 12.1. The van der Waals surface area contributed by atoms with Gasteiger partial charge in [0.15, 0.2) is 0 Å². The number of methoxy groups -OCH3 is 1. The van der Waals surface area contributed by atoms with E-state index < -0.39 is 0 Å². The number of nitrogens with zero attached hydrogens (tertiary/aromatic N) is 2. The summed E-state index contributed by atoms with van der Waals surface area (Å²) in [4.78, 5) is 12.1. The van der Waals surface area contributed by atoms with Crippen molar-refractivity contribution in [3.8, 4) is 5.88 Å². The molecule has 0 saturated carbocycles. The molecule has 0 aliphatic rings. The lowest BCUT2D eigenvalue weighted by atomic mass is 10.3. The normalized spacial score (nSPS) is 12.3. The van der Waals surface area contributed by atoms with Crippen molar-refractivity contribution in [3.63, 3.8) is 0 Å². The van der Waals surface area contributed by atoms with E-state index in [-0.39, 0.29) is 11.2 Å². The van der Waals surface area contributed by atoms with Crippen LogP contribution < -0.4 is 10.1 Å². The number of carbonyl (C=O) groups excluding carboxylic acids is 1. The zero-order valence-corrected chi connectivity index (χ0v) is 13.1. The van der Waals surface area contributed by atoms with Gasteiger partial charge < -0.3 is 10.1 Å². The highest BCUT2D eigenvalue weighted by Gasteiger charge is 2.19. The molecule has 0 radical (unpaired) electrons. The maximum atomic E-state index is 12.1. The van der Waals surface area contributed by atoms with E-state index in [1.54, 1.807) is 30.6 Å². The lowest BCUT2D eigenvalue weighted by Gasteiger charge is -2.12. The second-order valence-electron chi connectivity index (χ2n) is 4.45. The molecule has 1 rings (SSSR count). The fourth-order valence-electron chi connectivity index (χ4n) is 1.72. The molecule has 0 aromatic carbocycles. The minimum Gasteiger partial charge on any atom is -0.480 e. The zero-order valence-electron chi connectivity index (χ0n) is 12.3. The van der Waals surface area contributed by atoms with E-state index in [0.717, 1.165) is 24.3 Å². The second kappa shape index (κ2) is 7.43. The summed E-state index contributed by atoms with van der Waals surface area (Å²) >= 11 is 1.67. The first-order chi connectivity index (χ1) is 9.01. The summed E-state index contributed by atoms with van der Waals surface area (Å²) in [5.74, 6) is 1.58. The molecule has 1 amide bonds. The van der Waals surface area contributed by atoms with E-state index in [2.05, 4.69) is 17.3 Å². The van der Waals surface area contributed by atoms with Gasteiger partial charge in [-0.15, -0.1) is 11.8 Å². The first kappa shape index (κ1) is 15.9. The number of ether oxygens (including phenoxy) is 1. The number of rotatable bonds is 7. The molecule has 1 heterocycles. The van der Waals surface area contributed by atoms with E-state index in [0.29, 0.717) is 11.6 Å². The van der Waals surface area contributed by atoms with Gasteiger partial charge in [0.05, 0.1) is 18.1 Å². The molecule has 6 heteroatoms. The first-order valence-corrected chi connectivity index (χ1v) is 7.56. The molecule has 1 N–H and O–H groups in total. The molecule has 108 valence electrons. The number of aryl methyl sites for hydroxylation is 2. The van der Waals surface area contributed by atoms with E-state index in [4.69, 9.17) is 4.74 Å². The van der Waals surface area contributed by atoms with Gasteiger partial charge in [0, 0.05) is 7.05 Å². The minimum absolute atomic E-state index is 0.00416. The molecule has 0 saturated heterocycles. The van der Waals surface area contributed by atoms with Crippen molar-refractivity contribution in [1.29, 1.82) is 0 Å². The van der Waals surface area contributed by atoms with E-state index >= 15 is 0 Å². The minimum atomic E-state index is -0.0733. The first-order valence-electron chi connectivity index (χ1n) is 6.51. The van der Waals surface area contributed by atoms with Crippen molar-refractivity contribution in [2.75, 3.05) is 18.2 Å². The van der Waals surface area contributed by atoms with Crippen LogP contribution in [0.4, 0.5) is 5.69 Å². The van der Waals surface area contributed by atoms with Crippen LogP contribution >= 0.6 is 11.8 Å². The third kappa shape index (κ3) is 4.16. The SMILES string of the molecule is CCCCS[C@H](C)C(=O)Nc1c(C)nn(C)c1OC. The Labute approximate surface area is 119 Å². The van der Waals surface area contributed by atoms with E-state index in [1.165, 1.54) is 0 Å². The van der Waals surface area contributed by atoms with Gasteiger partial charge in [-0.25, -0.2) is 4.68 Å². The predicted molar refractivity (Wildman–Crippen MR) is 80.0 cm³/mol. The third-order valence-corrected chi connectivity index (χ3v) is 4.08. The Balaban J connectivity index is 2.66. The van der Waals surface area contributed by atoms with Crippen molar-refractivity contribution < 1.29 is 9.53 Å². The molecule has 0 fully saturated rings. The quantitative estimate of drug-likeness (QED) is 0.782. The number of carbonyl (C=O) groups is 1. The monoisotopic (exact) mass is 285 g/mol.